The molecule has 0 aromatic heterocycles. The highest BCUT2D eigenvalue weighted by atomic mass is 27.3. The number of esters is 1. The fourth-order valence-electron chi connectivity index (χ4n) is 11.0. The maximum absolute atomic E-state index is 14.3. The molecule has 0 saturated carbocycles. The second-order valence-electron chi connectivity index (χ2n) is 21.6. The Hall–Kier alpha value is -6.35. The molecule has 9 atom stereocenters. The predicted molar refractivity (Wildman–Crippen MR) is 283 cm³/mol. The van der Waals surface area contributed by atoms with Crippen LogP contribution in [-0.4, -0.2) is 238 Å². The van der Waals surface area contributed by atoms with Gasteiger partial charge in [0.25, 0.3) is 11.9 Å². The number of amides is 7. The molecule has 29 heteroatoms. The Balaban J connectivity index is 0.818. The number of rotatable bonds is 22. The number of fused-ring (bicyclic) bond motifs is 3. The van der Waals surface area contributed by atoms with Gasteiger partial charge in [-0.25, -0.2) is 0 Å². The zero-order valence-corrected chi connectivity index (χ0v) is 47.0. The zero-order chi connectivity index (χ0) is 58.3. The van der Waals surface area contributed by atoms with E-state index in [1.165, 1.54) is 4.90 Å². The second kappa shape index (κ2) is 29.6. The number of carboxylic acid groups (broad SMARTS) is 1. The first-order valence-electron chi connectivity index (χ1n) is 27.9. The topological polar surface area (TPSA) is 344 Å². The third-order valence-electron chi connectivity index (χ3n) is 15.7. The van der Waals surface area contributed by atoms with Crippen LogP contribution in [0.5, 0.6) is 0 Å². The van der Waals surface area contributed by atoms with Gasteiger partial charge in [0.1, 0.15) is 30.2 Å². The molecule has 6 aliphatic heterocycles. The number of aliphatic hydroxyl groups excluding tert-OH is 1. The second-order valence-corrected chi connectivity index (χ2v) is 22.6. The molecule has 1 aromatic carbocycles. The Labute approximate surface area is 473 Å². The van der Waals surface area contributed by atoms with E-state index in [4.69, 9.17) is 12.3 Å². The number of ether oxygens (including phenoxy) is 1. The molecular formula is C52H75AlFN11O16. The van der Waals surface area contributed by atoms with Crippen LogP contribution in [0.4, 0.5) is 9.21 Å². The van der Waals surface area contributed by atoms with Gasteiger partial charge >= 0.3 is 27.2 Å². The number of cyclic esters (lactones) is 1. The first kappa shape index (κ1) is 62.3. The first-order chi connectivity index (χ1) is 38.7. The fourth-order valence-corrected chi connectivity index (χ4v) is 11.6. The molecule has 4 saturated heterocycles. The summed E-state index contributed by atoms with van der Waals surface area (Å²) in [6.07, 6.45) is -0.0374. The number of anilines is 1. The van der Waals surface area contributed by atoms with Gasteiger partial charge in [-0.05, 0) is 68.2 Å². The van der Waals surface area contributed by atoms with Gasteiger partial charge in [0.15, 0.2) is 0 Å². The molecule has 6 aliphatic rings. The molecule has 0 radical (unpaired) electrons. The molecule has 6 heterocycles. The lowest BCUT2D eigenvalue weighted by molar-refractivity contribution is -0.155. The van der Waals surface area contributed by atoms with E-state index < -0.39 is 123 Å². The zero-order valence-electron chi connectivity index (χ0n) is 45.8. The van der Waals surface area contributed by atoms with E-state index in [1.54, 1.807) is 6.92 Å². The fraction of sp³-hybridized carbons (Fsp3) is 0.673. The number of para-hydroxylation sites is 1. The van der Waals surface area contributed by atoms with Crippen molar-refractivity contribution in [3.63, 3.8) is 0 Å². The average molecular weight is 1160 g/mol. The number of carbonyl (C=O) groups is 11. The molecule has 444 valence electrons. The van der Waals surface area contributed by atoms with E-state index >= 15 is 0 Å². The molecule has 1 aromatic rings. The number of likely N-dealkylation sites (tertiary alicyclic amines) is 1. The minimum atomic E-state index is -3.91. The van der Waals surface area contributed by atoms with Crippen molar-refractivity contribution in [3.8, 4) is 0 Å². The Bertz CT molecular complexity index is 2470. The lowest BCUT2D eigenvalue weighted by atomic mass is 9.96. The largest absolute Gasteiger partial charge is 1.15 e. The van der Waals surface area contributed by atoms with Gasteiger partial charge < -0.3 is 62.9 Å². The van der Waals surface area contributed by atoms with Crippen molar-refractivity contribution in [3.05, 3.63) is 29.3 Å². The highest BCUT2D eigenvalue weighted by Gasteiger charge is 2.47. The van der Waals surface area contributed by atoms with Crippen molar-refractivity contribution in [2.75, 3.05) is 96.5 Å². The molecule has 0 aliphatic carbocycles. The third kappa shape index (κ3) is 18.1. The summed E-state index contributed by atoms with van der Waals surface area (Å²) < 4.78 is 28.3. The first-order valence-corrected chi connectivity index (χ1v) is 29.3. The highest BCUT2D eigenvalue weighted by Crippen LogP contribution is 2.39. The molecule has 7 amide bonds. The van der Waals surface area contributed by atoms with Crippen molar-refractivity contribution in [2.24, 2.45) is 11.8 Å². The van der Waals surface area contributed by atoms with E-state index in [0.717, 1.165) is 30.5 Å². The van der Waals surface area contributed by atoms with Gasteiger partial charge in [0.05, 0.1) is 31.7 Å². The van der Waals surface area contributed by atoms with E-state index in [9.17, 15) is 66.5 Å². The van der Waals surface area contributed by atoms with Crippen LogP contribution < -0.4 is 36.8 Å². The smallest absolute Gasteiger partial charge is 0.558 e. The number of hydrogen-bond acceptors (Lipinski definition) is 19. The van der Waals surface area contributed by atoms with Crippen molar-refractivity contribution in [1.29, 1.82) is 0 Å². The van der Waals surface area contributed by atoms with Crippen molar-refractivity contribution >= 4 is 86.2 Å². The number of carbonyl (C=O) groups excluding carboxylic acids is 10. The highest BCUT2D eigenvalue weighted by molar-refractivity contribution is 6.41. The summed E-state index contributed by atoms with van der Waals surface area (Å²) in [6.45, 7) is 8.37. The van der Waals surface area contributed by atoms with Crippen LogP contribution in [-0.2, 0) is 77.9 Å². The van der Waals surface area contributed by atoms with Crippen LogP contribution >= 0.6 is 0 Å². The van der Waals surface area contributed by atoms with Crippen LogP contribution in [0, 0.1) is 11.8 Å². The summed E-state index contributed by atoms with van der Waals surface area (Å²) in [5.41, 5.74) is 2.13. The summed E-state index contributed by atoms with van der Waals surface area (Å²) in [4.78, 5) is 152. The Morgan fingerprint density at radius 3 is 2.02 bits per heavy atom. The number of aliphatic carboxylic acids is 1. The van der Waals surface area contributed by atoms with E-state index in [-0.39, 0.29) is 83.1 Å². The number of benzene rings is 1. The average Bonchev–Trinajstić information content (AvgIpc) is 4.20. The predicted octanol–water partition coefficient (Wildman–Crippen LogP) is -3.30. The molecule has 2 bridgehead atoms. The summed E-state index contributed by atoms with van der Waals surface area (Å²) in [5, 5.41) is 35.5. The lowest BCUT2D eigenvalue weighted by Crippen LogP contribution is -2.59. The van der Waals surface area contributed by atoms with Crippen LogP contribution in [0.3, 0.4) is 0 Å². The number of carboxylic acids is 1. The molecule has 4 fully saturated rings. The lowest BCUT2D eigenvalue weighted by Gasteiger charge is -2.35. The Morgan fingerprint density at radius 2 is 1.38 bits per heavy atom. The molecule has 8 N–H and O–H groups in total. The number of piperidine rings is 1. The van der Waals surface area contributed by atoms with Gasteiger partial charge in [-0.15, -0.1) is 0 Å². The van der Waals surface area contributed by atoms with Gasteiger partial charge in [0, 0.05) is 84.6 Å². The number of halogens is 1. The van der Waals surface area contributed by atoms with Gasteiger partial charge in [0.2, 0.25) is 47.6 Å². The maximum Gasteiger partial charge on any atom is 1.15 e. The van der Waals surface area contributed by atoms with E-state index in [0.29, 0.717) is 70.9 Å². The van der Waals surface area contributed by atoms with Crippen LogP contribution in [0.25, 0.3) is 0 Å². The molecule has 7 rings (SSSR count). The van der Waals surface area contributed by atoms with Crippen molar-refractivity contribution in [2.45, 2.75) is 121 Å². The number of nitrogens with one attached hydrogen (secondary N) is 6. The number of aryl methyl sites for hydroxylation is 1. The van der Waals surface area contributed by atoms with Gasteiger partial charge in [-0.2, -0.15) is 0 Å². The summed E-state index contributed by atoms with van der Waals surface area (Å²) in [5.74, 6) is -7.46. The van der Waals surface area contributed by atoms with E-state index in [1.807, 2.05) is 39.8 Å². The number of aliphatic hydroxyl groups is 1. The molecule has 0 spiro atoms. The normalized spacial score (nSPS) is 24.9. The van der Waals surface area contributed by atoms with Crippen LogP contribution in [0.15, 0.2) is 18.2 Å². The van der Waals surface area contributed by atoms with Gasteiger partial charge in [-0.3, -0.25) is 72.3 Å². The maximum atomic E-state index is 14.3. The number of nitrogens with zero attached hydrogens (tertiary/aromatic N) is 5. The summed E-state index contributed by atoms with van der Waals surface area (Å²) in [7, 11) is 0. The third-order valence-corrected chi connectivity index (χ3v) is 16.6. The van der Waals surface area contributed by atoms with Crippen molar-refractivity contribution in [1.82, 2.24) is 51.5 Å². The molecule has 27 nitrogen and oxygen atoms in total. The summed E-state index contributed by atoms with van der Waals surface area (Å²) in [6, 6.07) is 0.104. The van der Waals surface area contributed by atoms with Crippen LogP contribution in [0.1, 0.15) is 82.8 Å². The summed E-state index contributed by atoms with van der Waals surface area (Å²) >= 11 is -3.91. The van der Waals surface area contributed by atoms with Crippen molar-refractivity contribution < 1.29 is 78.8 Å². The molecule has 2 unspecified atom stereocenters. The van der Waals surface area contributed by atoms with Crippen LogP contribution in [0.2, 0.25) is 0 Å². The Kier molecular flexibility index (Phi) is 22.7. The minimum absolute atomic E-state index is 0.0295. The molecular weight excluding hydrogens is 1080 g/mol. The molecule has 81 heavy (non-hydrogen) atoms. The van der Waals surface area contributed by atoms with E-state index in [2.05, 4.69) is 36.8 Å². The minimum Gasteiger partial charge on any atom is -0.558 e. The number of hydrogen-bond donors (Lipinski definition) is 8. The van der Waals surface area contributed by atoms with Gasteiger partial charge in [-0.1, -0.05) is 38.5 Å². The SMILES string of the molecule is CC[C@H](C)[C@H](NC(=O)CCNC(=O)CCNC(=O)[C@@H](CCC(=O)O)NC(=O)CN1CCC(CN2CCN3CCN(CC2)CC(=O)[O][Al]([F])[O]C(=O)C3)CC1)C(=O)N[C@H]1CCc2cccc3c2N(C1=O)[C@H](C(=O)N[C@H]1CC(=O)O[C@H]1O)C3. The standard InChI is InChI=1S/C52H77N11O16.Al.FH/c1-3-31(2)46(50(76)56-36-8-7-33-5-4-6-34-25-38(63(47(33)34)51(36)77)49(75)57-37-26-45(73)79-52(37)78)58-40(65)12-15-53-39(64)11-16-54-48(74)35(9-10-42(67)68)55-41(66)28-59-17-13-32(14-18-59)27-60-19-21-61(29-43(69)70)23-24-62(22-20-60)30-44(71)72;;/h4-6,31-32,35-38,46,52,78H,3,7-30H2,1-2H3,(H,53,64)(H,54,74)(H,55,66)(H,56,76)(H,57,75)(H,58,65)(H,67,68)(H,69,70)(H,71,72);;1H/q;+3;/p-3/t31-,35+,36-,37-,38-,46-,52+;;/m0../s1. The Morgan fingerprint density at radius 1 is 0.741 bits per heavy atom. The monoisotopic (exact) mass is 1160 g/mol. The quantitative estimate of drug-likeness (QED) is 0.0417.